The maximum Gasteiger partial charge on any atom is 0.180 e. The molecule has 0 spiro atoms. The van der Waals surface area contributed by atoms with Crippen LogP contribution in [0.3, 0.4) is 0 Å². The number of hydrogen-bond acceptors (Lipinski definition) is 3. The Morgan fingerprint density at radius 2 is 1.83 bits per heavy atom. The average Bonchev–Trinajstić information content (AvgIpc) is 3.10. The van der Waals surface area contributed by atoms with Crippen LogP contribution in [-0.2, 0) is 16.3 Å². The fourth-order valence-corrected chi connectivity index (χ4v) is 3.00. The van der Waals surface area contributed by atoms with E-state index in [-0.39, 0.29) is 5.41 Å². The third-order valence-corrected chi connectivity index (χ3v) is 5.68. The zero-order valence-electron chi connectivity index (χ0n) is 10.7. The van der Waals surface area contributed by atoms with Crippen LogP contribution >= 0.6 is 0 Å². The van der Waals surface area contributed by atoms with Crippen molar-refractivity contribution in [3.05, 3.63) is 29.8 Å². The maximum atomic E-state index is 11.9. The van der Waals surface area contributed by atoms with Gasteiger partial charge in [-0.1, -0.05) is 12.1 Å². The molecule has 0 atom stereocenters. The topological polar surface area (TPSA) is 57.9 Å². The quantitative estimate of drug-likeness (QED) is 0.839. The van der Waals surface area contributed by atoms with E-state index in [2.05, 4.69) is 6.07 Å². The molecule has 0 heterocycles. The second-order valence-corrected chi connectivity index (χ2v) is 7.81. The van der Waals surface area contributed by atoms with Gasteiger partial charge in [0, 0.05) is 0 Å². The first kappa shape index (κ1) is 13.1. The van der Waals surface area contributed by atoms with E-state index in [9.17, 15) is 8.42 Å². The highest BCUT2D eigenvalue weighted by Gasteiger charge is 2.42. The van der Waals surface area contributed by atoms with Gasteiger partial charge in [-0.05, 0) is 50.8 Å². The Bertz CT molecular complexity index is 575. The molecule has 1 fully saturated rings. The molecule has 0 aliphatic heterocycles. The number of nitriles is 1. The Labute approximate surface area is 108 Å². The van der Waals surface area contributed by atoms with Crippen molar-refractivity contribution in [1.29, 1.82) is 5.26 Å². The molecule has 0 unspecified atom stereocenters. The van der Waals surface area contributed by atoms with Crippen molar-refractivity contribution in [1.82, 2.24) is 0 Å². The highest BCUT2D eigenvalue weighted by molar-refractivity contribution is 7.92. The summed E-state index contributed by atoms with van der Waals surface area (Å²) in [6.45, 7) is 3.36. The molecular formula is C14H17NO2S. The standard InChI is InChI=1S/C14H17NO2S/c1-11(2)18(16,17)13-5-3-12(4-6-13)9-14(10-15)7-8-14/h3-6,11H,7-9H2,1-2H3. The van der Waals surface area contributed by atoms with Crippen molar-refractivity contribution in [2.45, 2.75) is 43.3 Å². The third-order valence-electron chi connectivity index (χ3n) is 3.51. The molecule has 96 valence electrons. The molecule has 1 aromatic carbocycles. The molecule has 1 aliphatic rings. The molecule has 0 aromatic heterocycles. The molecular weight excluding hydrogens is 246 g/mol. The maximum absolute atomic E-state index is 11.9. The van der Waals surface area contributed by atoms with E-state index < -0.39 is 15.1 Å². The lowest BCUT2D eigenvalue weighted by Gasteiger charge is -2.09. The zero-order valence-corrected chi connectivity index (χ0v) is 11.5. The second kappa shape index (κ2) is 4.40. The van der Waals surface area contributed by atoms with E-state index in [1.807, 2.05) is 12.1 Å². The molecule has 1 saturated carbocycles. The van der Waals surface area contributed by atoms with Crippen molar-refractivity contribution < 1.29 is 8.42 Å². The van der Waals surface area contributed by atoms with Crippen LogP contribution in [0, 0.1) is 16.7 Å². The summed E-state index contributed by atoms with van der Waals surface area (Å²) in [5.41, 5.74) is 0.857. The number of sulfone groups is 1. The van der Waals surface area contributed by atoms with Gasteiger partial charge in [-0.2, -0.15) is 5.26 Å². The molecule has 0 bridgehead atoms. The molecule has 1 aromatic rings. The number of nitrogens with zero attached hydrogens (tertiary/aromatic N) is 1. The molecule has 0 radical (unpaired) electrons. The summed E-state index contributed by atoms with van der Waals surface area (Å²) in [5, 5.41) is 8.62. The van der Waals surface area contributed by atoms with Gasteiger partial charge in [0.2, 0.25) is 0 Å². The lowest BCUT2D eigenvalue weighted by molar-refractivity contribution is 0.587. The lowest BCUT2D eigenvalue weighted by Crippen LogP contribution is -2.14. The van der Waals surface area contributed by atoms with Crippen molar-refractivity contribution in [3.63, 3.8) is 0 Å². The van der Waals surface area contributed by atoms with Crippen LogP contribution in [0.1, 0.15) is 32.3 Å². The van der Waals surface area contributed by atoms with E-state index in [0.717, 1.165) is 24.8 Å². The Hall–Kier alpha value is -1.34. The smallest absolute Gasteiger partial charge is 0.180 e. The Balaban J connectivity index is 2.19. The summed E-state index contributed by atoms with van der Waals surface area (Å²) >= 11 is 0. The second-order valence-electron chi connectivity index (χ2n) is 5.31. The summed E-state index contributed by atoms with van der Waals surface area (Å²) in [5.74, 6) is 0. The molecule has 0 saturated heterocycles. The molecule has 2 rings (SSSR count). The van der Waals surface area contributed by atoms with Gasteiger partial charge in [0.25, 0.3) is 0 Å². The first-order valence-electron chi connectivity index (χ1n) is 6.14. The summed E-state index contributed by atoms with van der Waals surface area (Å²) in [6, 6.07) is 9.30. The van der Waals surface area contributed by atoms with Gasteiger partial charge in [0.1, 0.15) is 0 Å². The Kier molecular flexibility index (Phi) is 3.20. The van der Waals surface area contributed by atoms with Crippen LogP contribution in [0.25, 0.3) is 0 Å². The number of rotatable bonds is 4. The lowest BCUT2D eigenvalue weighted by atomic mass is 9.98. The minimum absolute atomic E-state index is 0.182. The monoisotopic (exact) mass is 263 g/mol. The number of hydrogen-bond donors (Lipinski definition) is 0. The van der Waals surface area contributed by atoms with Gasteiger partial charge in [0.05, 0.1) is 21.6 Å². The van der Waals surface area contributed by atoms with Crippen molar-refractivity contribution >= 4 is 9.84 Å². The highest BCUT2D eigenvalue weighted by Crippen LogP contribution is 2.47. The van der Waals surface area contributed by atoms with Crippen LogP contribution in [-0.4, -0.2) is 13.7 Å². The SMILES string of the molecule is CC(C)S(=O)(=O)c1ccc(CC2(C#N)CC2)cc1. The number of benzene rings is 1. The summed E-state index contributed by atoms with van der Waals surface area (Å²) in [4.78, 5) is 0.364. The predicted molar refractivity (Wildman–Crippen MR) is 69.7 cm³/mol. The molecule has 0 amide bonds. The van der Waals surface area contributed by atoms with Crippen LogP contribution in [0.2, 0.25) is 0 Å². The molecule has 18 heavy (non-hydrogen) atoms. The fourth-order valence-electron chi connectivity index (χ4n) is 1.94. The molecule has 3 nitrogen and oxygen atoms in total. The van der Waals surface area contributed by atoms with E-state index in [1.165, 1.54) is 0 Å². The minimum atomic E-state index is -3.19. The van der Waals surface area contributed by atoms with E-state index in [4.69, 9.17) is 5.26 Å². The molecule has 1 aliphatic carbocycles. The van der Waals surface area contributed by atoms with Crippen molar-refractivity contribution in [3.8, 4) is 6.07 Å². The van der Waals surface area contributed by atoms with Gasteiger partial charge in [0.15, 0.2) is 9.84 Å². The van der Waals surface area contributed by atoms with Crippen molar-refractivity contribution in [2.75, 3.05) is 0 Å². The minimum Gasteiger partial charge on any atom is -0.223 e. The highest BCUT2D eigenvalue weighted by atomic mass is 32.2. The first-order valence-corrected chi connectivity index (χ1v) is 7.68. The average molecular weight is 263 g/mol. The zero-order chi connectivity index (χ0) is 13.4. The largest absolute Gasteiger partial charge is 0.223 e. The van der Waals surface area contributed by atoms with E-state index in [1.54, 1.807) is 26.0 Å². The molecule has 4 heteroatoms. The van der Waals surface area contributed by atoms with Gasteiger partial charge in [-0.15, -0.1) is 0 Å². The Morgan fingerprint density at radius 3 is 2.22 bits per heavy atom. The van der Waals surface area contributed by atoms with Crippen LogP contribution in [0.5, 0.6) is 0 Å². The molecule has 0 N–H and O–H groups in total. The van der Waals surface area contributed by atoms with Crippen molar-refractivity contribution in [2.24, 2.45) is 5.41 Å². The normalized spacial score (nSPS) is 17.4. The van der Waals surface area contributed by atoms with E-state index >= 15 is 0 Å². The van der Waals surface area contributed by atoms with Crippen LogP contribution in [0.15, 0.2) is 29.2 Å². The van der Waals surface area contributed by atoms with Gasteiger partial charge in [-0.25, -0.2) is 8.42 Å². The third kappa shape index (κ3) is 2.41. The van der Waals surface area contributed by atoms with E-state index in [0.29, 0.717) is 4.90 Å². The fraction of sp³-hybridized carbons (Fsp3) is 0.500. The van der Waals surface area contributed by atoms with Crippen LogP contribution in [0.4, 0.5) is 0 Å². The summed E-state index contributed by atoms with van der Waals surface area (Å²) < 4.78 is 23.9. The Morgan fingerprint density at radius 1 is 1.28 bits per heavy atom. The van der Waals surface area contributed by atoms with Crippen LogP contribution < -0.4 is 0 Å². The summed E-state index contributed by atoms with van der Waals surface area (Å²) in [6.07, 6.45) is 2.64. The van der Waals surface area contributed by atoms with Gasteiger partial charge >= 0.3 is 0 Å². The first-order chi connectivity index (χ1) is 8.39. The predicted octanol–water partition coefficient (Wildman–Crippen LogP) is 2.71. The van der Waals surface area contributed by atoms with Gasteiger partial charge < -0.3 is 0 Å². The van der Waals surface area contributed by atoms with Gasteiger partial charge in [-0.3, -0.25) is 0 Å². The summed E-state index contributed by atoms with van der Waals surface area (Å²) in [7, 11) is -3.19.